The van der Waals surface area contributed by atoms with Crippen molar-refractivity contribution in [2.24, 2.45) is 0 Å². The molecular formula is C15H21NO3. The summed E-state index contributed by atoms with van der Waals surface area (Å²) in [4.78, 5) is 13.5. The molecule has 4 nitrogen and oxygen atoms in total. The fourth-order valence-corrected chi connectivity index (χ4v) is 2.40. The molecule has 0 saturated heterocycles. The van der Waals surface area contributed by atoms with Crippen molar-refractivity contribution in [3.05, 3.63) is 29.3 Å². The largest absolute Gasteiger partial charge is 0.494 e. The summed E-state index contributed by atoms with van der Waals surface area (Å²) in [5, 5.41) is 9.46. The second-order valence-corrected chi connectivity index (χ2v) is 5.10. The van der Waals surface area contributed by atoms with Crippen molar-refractivity contribution < 1.29 is 14.6 Å². The van der Waals surface area contributed by atoms with Crippen molar-refractivity contribution in [3.63, 3.8) is 0 Å². The van der Waals surface area contributed by atoms with Gasteiger partial charge in [0.2, 0.25) is 0 Å². The molecular weight excluding hydrogens is 242 g/mol. The maximum Gasteiger partial charge on any atom is 0.325 e. The Morgan fingerprint density at radius 2 is 2.21 bits per heavy atom. The molecule has 1 aliphatic rings. The Morgan fingerprint density at radius 1 is 1.53 bits per heavy atom. The highest BCUT2D eigenvalue weighted by Gasteiger charge is 2.35. The van der Waals surface area contributed by atoms with Gasteiger partial charge in [-0.25, -0.2) is 0 Å². The molecule has 1 aliphatic carbocycles. The summed E-state index contributed by atoms with van der Waals surface area (Å²) in [5.41, 5.74) is 1.80. The standard InChI is InChI=1S/C15H21NO3/c1-4-19-13-8-5-11(9-10(13)2)14(15(17)18)16(3)12-6-7-12/h5,8-9,12,14H,4,6-7H2,1-3H3,(H,17,18). The number of aryl methyl sites for hydroxylation is 1. The third-order valence-electron chi connectivity index (χ3n) is 3.58. The number of nitrogens with zero attached hydrogens (tertiary/aromatic N) is 1. The fraction of sp³-hybridized carbons (Fsp3) is 0.533. The first kappa shape index (κ1) is 13.9. The summed E-state index contributed by atoms with van der Waals surface area (Å²) in [7, 11) is 1.89. The monoisotopic (exact) mass is 263 g/mol. The van der Waals surface area contributed by atoms with E-state index < -0.39 is 12.0 Å². The first-order chi connectivity index (χ1) is 9.04. The Bertz CT molecular complexity index is 468. The molecule has 0 spiro atoms. The molecule has 1 N–H and O–H groups in total. The van der Waals surface area contributed by atoms with Crippen LogP contribution in [0.15, 0.2) is 18.2 Å². The van der Waals surface area contributed by atoms with Crippen molar-refractivity contribution >= 4 is 5.97 Å². The molecule has 1 unspecified atom stereocenters. The Balaban J connectivity index is 2.26. The summed E-state index contributed by atoms with van der Waals surface area (Å²) in [6.45, 7) is 4.50. The van der Waals surface area contributed by atoms with Gasteiger partial charge in [-0.3, -0.25) is 9.69 Å². The first-order valence-corrected chi connectivity index (χ1v) is 6.72. The van der Waals surface area contributed by atoms with E-state index in [4.69, 9.17) is 4.74 Å². The van der Waals surface area contributed by atoms with Gasteiger partial charge >= 0.3 is 5.97 Å². The minimum absolute atomic E-state index is 0.410. The van der Waals surface area contributed by atoms with Crippen LogP contribution in [0, 0.1) is 6.92 Å². The van der Waals surface area contributed by atoms with E-state index in [0.29, 0.717) is 12.6 Å². The summed E-state index contributed by atoms with van der Waals surface area (Å²) < 4.78 is 5.49. The average molecular weight is 263 g/mol. The van der Waals surface area contributed by atoms with E-state index in [9.17, 15) is 9.90 Å². The molecule has 1 atom stereocenters. The lowest BCUT2D eigenvalue weighted by molar-refractivity contribution is -0.143. The molecule has 0 aliphatic heterocycles. The van der Waals surface area contributed by atoms with E-state index in [2.05, 4.69) is 0 Å². The molecule has 0 heterocycles. The molecule has 2 rings (SSSR count). The van der Waals surface area contributed by atoms with Gasteiger partial charge in [0.05, 0.1) is 6.61 Å². The molecule has 19 heavy (non-hydrogen) atoms. The Hall–Kier alpha value is -1.55. The van der Waals surface area contributed by atoms with E-state index in [1.54, 1.807) is 0 Å². The van der Waals surface area contributed by atoms with Crippen LogP contribution in [0.5, 0.6) is 5.75 Å². The van der Waals surface area contributed by atoms with Crippen molar-refractivity contribution in [3.8, 4) is 5.75 Å². The number of carbonyl (C=O) groups is 1. The predicted octanol–water partition coefficient (Wildman–Crippen LogP) is 2.61. The number of aliphatic carboxylic acids is 1. The Kier molecular flexibility index (Phi) is 4.10. The van der Waals surface area contributed by atoms with Gasteiger partial charge in [-0.2, -0.15) is 0 Å². The topological polar surface area (TPSA) is 49.8 Å². The van der Waals surface area contributed by atoms with Crippen LogP contribution in [0.4, 0.5) is 0 Å². The lowest BCUT2D eigenvalue weighted by Crippen LogP contribution is -2.32. The highest BCUT2D eigenvalue weighted by molar-refractivity contribution is 5.76. The van der Waals surface area contributed by atoms with Gasteiger partial charge in [-0.05, 0) is 50.9 Å². The number of rotatable bonds is 6. The van der Waals surface area contributed by atoms with Crippen molar-refractivity contribution in [2.45, 2.75) is 38.8 Å². The van der Waals surface area contributed by atoms with Crippen LogP contribution in [-0.2, 0) is 4.79 Å². The molecule has 1 aromatic carbocycles. The normalized spacial score (nSPS) is 16.4. The maximum absolute atomic E-state index is 11.5. The van der Waals surface area contributed by atoms with Crippen LogP contribution >= 0.6 is 0 Å². The molecule has 4 heteroatoms. The van der Waals surface area contributed by atoms with Crippen LogP contribution in [0.25, 0.3) is 0 Å². The van der Waals surface area contributed by atoms with Crippen LogP contribution in [0.1, 0.15) is 36.9 Å². The number of hydrogen-bond donors (Lipinski definition) is 1. The fourth-order valence-electron chi connectivity index (χ4n) is 2.40. The minimum atomic E-state index is -0.794. The zero-order valence-corrected chi connectivity index (χ0v) is 11.7. The van der Waals surface area contributed by atoms with Gasteiger partial charge < -0.3 is 9.84 Å². The quantitative estimate of drug-likeness (QED) is 0.857. The number of likely N-dealkylation sites (N-methyl/N-ethyl adjacent to an activating group) is 1. The molecule has 1 fully saturated rings. The highest BCUT2D eigenvalue weighted by atomic mass is 16.5. The van der Waals surface area contributed by atoms with Crippen LogP contribution in [0.2, 0.25) is 0 Å². The van der Waals surface area contributed by atoms with E-state index in [1.165, 1.54) is 0 Å². The molecule has 0 amide bonds. The van der Waals surface area contributed by atoms with Crippen LogP contribution in [0.3, 0.4) is 0 Å². The van der Waals surface area contributed by atoms with Gasteiger partial charge in [-0.1, -0.05) is 12.1 Å². The second-order valence-electron chi connectivity index (χ2n) is 5.10. The van der Waals surface area contributed by atoms with E-state index in [0.717, 1.165) is 29.7 Å². The molecule has 1 aromatic rings. The van der Waals surface area contributed by atoms with Gasteiger partial charge in [0.15, 0.2) is 0 Å². The highest BCUT2D eigenvalue weighted by Crippen LogP contribution is 2.34. The molecule has 0 aromatic heterocycles. The summed E-state index contributed by atoms with van der Waals surface area (Å²) in [6, 6.07) is 5.48. The molecule has 0 radical (unpaired) electrons. The summed E-state index contributed by atoms with van der Waals surface area (Å²) in [5.74, 6) is 0.0300. The lowest BCUT2D eigenvalue weighted by Gasteiger charge is -2.25. The van der Waals surface area contributed by atoms with Crippen molar-refractivity contribution in [2.75, 3.05) is 13.7 Å². The number of hydrogen-bond acceptors (Lipinski definition) is 3. The van der Waals surface area contributed by atoms with Gasteiger partial charge in [0.1, 0.15) is 11.8 Å². The number of benzene rings is 1. The molecule has 104 valence electrons. The van der Waals surface area contributed by atoms with Crippen molar-refractivity contribution in [1.82, 2.24) is 4.90 Å². The number of ether oxygens (including phenoxy) is 1. The third-order valence-corrected chi connectivity index (χ3v) is 3.58. The predicted molar refractivity (Wildman–Crippen MR) is 73.5 cm³/mol. The van der Waals surface area contributed by atoms with Gasteiger partial charge in [0.25, 0.3) is 0 Å². The SMILES string of the molecule is CCOc1ccc(C(C(=O)O)N(C)C2CC2)cc1C. The van der Waals surface area contributed by atoms with Gasteiger partial charge in [0, 0.05) is 6.04 Å². The Morgan fingerprint density at radius 3 is 2.68 bits per heavy atom. The third kappa shape index (κ3) is 3.07. The zero-order valence-electron chi connectivity index (χ0n) is 11.7. The molecule has 1 saturated carbocycles. The van der Waals surface area contributed by atoms with E-state index in [-0.39, 0.29) is 0 Å². The van der Waals surface area contributed by atoms with Crippen LogP contribution in [-0.4, -0.2) is 35.7 Å². The van der Waals surface area contributed by atoms with Gasteiger partial charge in [-0.15, -0.1) is 0 Å². The minimum Gasteiger partial charge on any atom is -0.494 e. The number of carboxylic acids is 1. The maximum atomic E-state index is 11.5. The van der Waals surface area contributed by atoms with E-state index >= 15 is 0 Å². The second kappa shape index (κ2) is 5.61. The summed E-state index contributed by atoms with van der Waals surface area (Å²) in [6.07, 6.45) is 2.19. The molecule has 0 bridgehead atoms. The van der Waals surface area contributed by atoms with E-state index in [1.807, 2.05) is 44.0 Å². The lowest BCUT2D eigenvalue weighted by atomic mass is 10.0. The zero-order chi connectivity index (χ0) is 14.0. The smallest absolute Gasteiger partial charge is 0.325 e. The first-order valence-electron chi connectivity index (χ1n) is 6.72. The van der Waals surface area contributed by atoms with Crippen LogP contribution < -0.4 is 4.74 Å². The summed E-state index contributed by atoms with van der Waals surface area (Å²) >= 11 is 0. The average Bonchev–Trinajstić information content (AvgIpc) is 3.16. The Labute approximate surface area is 114 Å². The number of carboxylic acid groups (broad SMARTS) is 1. The van der Waals surface area contributed by atoms with Crippen molar-refractivity contribution in [1.29, 1.82) is 0 Å².